The molecule has 0 aromatic heterocycles. The van der Waals surface area contributed by atoms with E-state index < -0.39 is 5.60 Å². The van der Waals surface area contributed by atoms with Gasteiger partial charge in [0.1, 0.15) is 0 Å². The zero-order chi connectivity index (χ0) is 16.5. The number of β-amino-alcohol motifs (C(OH)–C–C–N with tert-alkyl or cyclic N) is 1. The summed E-state index contributed by atoms with van der Waals surface area (Å²) in [7, 11) is 3.88. The van der Waals surface area contributed by atoms with Crippen LogP contribution in [0.3, 0.4) is 0 Å². The molecule has 122 valence electrons. The Bertz CT molecular complexity index is 531. The van der Waals surface area contributed by atoms with Gasteiger partial charge < -0.3 is 14.9 Å². The maximum absolute atomic E-state index is 12.6. The van der Waals surface area contributed by atoms with Gasteiger partial charge in [-0.25, -0.2) is 0 Å². The van der Waals surface area contributed by atoms with E-state index in [9.17, 15) is 9.90 Å². The molecule has 0 saturated carbocycles. The van der Waals surface area contributed by atoms with Crippen LogP contribution in [0.15, 0.2) is 24.3 Å². The first-order valence-corrected chi connectivity index (χ1v) is 7.88. The van der Waals surface area contributed by atoms with Crippen LogP contribution in [0.25, 0.3) is 0 Å². The highest BCUT2D eigenvalue weighted by Crippen LogP contribution is 2.25. The molecule has 1 aliphatic rings. The molecular weight excluding hydrogens is 276 g/mol. The highest BCUT2D eigenvalue weighted by molar-refractivity contribution is 5.94. The van der Waals surface area contributed by atoms with Crippen LogP contribution in [0.1, 0.15) is 43.1 Å². The van der Waals surface area contributed by atoms with E-state index in [0.29, 0.717) is 31.6 Å². The van der Waals surface area contributed by atoms with Crippen molar-refractivity contribution in [2.75, 3.05) is 33.7 Å². The molecule has 22 heavy (non-hydrogen) atoms. The summed E-state index contributed by atoms with van der Waals surface area (Å²) in [6.07, 6.45) is 0.636. The Labute approximate surface area is 133 Å². The Balaban J connectivity index is 2.07. The van der Waals surface area contributed by atoms with E-state index in [-0.39, 0.29) is 11.3 Å². The maximum Gasteiger partial charge on any atom is 0.253 e. The highest BCUT2D eigenvalue weighted by atomic mass is 16.3. The summed E-state index contributed by atoms with van der Waals surface area (Å²) < 4.78 is 0. The second-order valence-corrected chi connectivity index (χ2v) is 7.77. The standard InChI is InChI=1S/C18H28N2O2/c1-17(2,3)15-8-6-14(7-9-15)16(21)20-11-10-18(22,13-20)12-19(4)5/h6-9,22H,10-13H2,1-5H3. The van der Waals surface area contributed by atoms with E-state index in [4.69, 9.17) is 0 Å². The Morgan fingerprint density at radius 3 is 2.36 bits per heavy atom. The number of benzene rings is 1. The van der Waals surface area contributed by atoms with Gasteiger partial charge in [-0.2, -0.15) is 0 Å². The Kier molecular flexibility index (Phi) is 4.64. The second-order valence-electron chi connectivity index (χ2n) is 7.77. The third kappa shape index (κ3) is 3.87. The van der Waals surface area contributed by atoms with Crippen molar-refractivity contribution in [1.29, 1.82) is 0 Å². The number of amides is 1. The predicted molar refractivity (Wildman–Crippen MR) is 89.2 cm³/mol. The molecule has 4 nitrogen and oxygen atoms in total. The van der Waals surface area contributed by atoms with Crippen LogP contribution >= 0.6 is 0 Å². The number of carbonyl (C=O) groups is 1. The van der Waals surface area contributed by atoms with Gasteiger partial charge in [-0.3, -0.25) is 4.79 Å². The smallest absolute Gasteiger partial charge is 0.253 e. The van der Waals surface area contributed by atoms with Crippen molar-refractivity contribution in [1.82, 2.24) is 9.80 Å². The van der Waals surface area contributed by atoms with Crippen molar-refractivity contribution in [2.24, 2.45) is 0 Å². The van der Waals surface area contributed by atoms with Crippen LogP contribution in [0.5, 0.6) is 0 Å². The summed E-state index contributed by atoms with van der Waals surface area (Å²) in [4.78, 5) is 16.3. The lowest BCUT2D eigenvalue weighted by Crippen LogP contribution is -2.43. The van der Waals surface area contributed by atoms with E-state index in [0.717, 1.165) is 0 Å². The zero-order valence-corrected chi connectivity index (χ0v) is 14.4. The predicted octanol–water partition coefficient (Wildman–Crippen LogP) is 2.12. The monoisotopic (exact) mass is 304 g/mol. The second kappa shape index (κ2) is 6.01. The van der Waals surface area contributed by atoms with Crippen molar-refractivity contribution in [2.45, 2.75) is 38.2 Å². The normalized spacial score (nSPS) is 22.4. The van der Waals surface area contributed by atoms with Gasteiger partial charge in [0.05, 0.1) is 12.1 Å². The molecule has 1 fully saturated rings. The lowest BCUT2D eigenvalue weighted by atomic mass is 9.86. The molecule has 1 aromatic rings. The third-order valence-corrected chi connectivity index (χ3v) is 4.23. The number of likely N-dealkylation sites (tertiary alicyclic amines) is 1. The minimum atomic E-state index is -0.787. The lowest BCUT2D eigenvalue weighted by Gasteiger charge is -2.26. The third-order valence-electron chi connectivity index (χ3n) is 4.23. The maximum atomic E-state index is 12.6. The number of rotatable bonds is 3. The molecule has 1 N–H and O–H groups in total. The molecule has 0 aliphatic carbocycles. The first kappa shape index (κ1) is 17.0. The molecule has 2 rings (SSSR count). The van der Waals surface area contributed by atoms with Gasteiger partial charge in [-0.15, -0.1) is 0 Å². The molecule has 1 saturated heterocycles. The van der Waals surface area contributed by atoms with Gasteiger partial charge >= 0.3 is 0 Å². The largest absolute Gasteiger partial charge is 0.387 e. The number of carbonyl (C=O) groups excluding carboxylic acids is 1. The van der Waals surface area contributed by atoms with Crippen molar-refractivity contribution in [3.63, 3.8) is 0 Å². The molecular formula is C18H28N2O2. The Morgan fingerprint density at radius 2 is 1.86 bits per heavy atom. The van der Waals surface area contributed by atoms with Crippen LogP contribution in [0, 0.1) is 0 Å². The van der Waals surface area contributed by atoms with Crippen LogP contribution < -0.4 is 0 Å². The van der Waals surface area contributed by atoms with Gasteiger partial charge in [0.15, 0.2) is 0 Å². The molecule has 1 atom stereocenters. The van der Waals surface area contributed by atoms with Gasteiger partial charge in [-0.1, -0.05) is 32.9 Å². The van der Waals surface area contributed by atoms with Crippen molar-refractivity contribution < 1.29 is 9.90 Å². The molecule has 1 heterocycles. The lowest BCUT2D eigenvalue weighted by molar-refractivity contribution is 0.0236. The Morgan fingerprint density at radius 1 is 1.27 bits per heavy atom. The van der Waals surface area contributed by atoms with Crippen LogP contribution in [-0.4, -0.2) is 60.1 Å². The summed E-state index contributed by atoms with van der Waals surface area (Å²) in [5.41, 5.74) is 1.21. The van der Waals surface area contributed by atoms with Crippen LogP contribution in [0.4, 0.5) is 0 Å². The van der Waals surface area contributed by atoms with E-state index in [1.165, 1.54) is 5.56 Å². The molecule has 1 amide bonds. The van der Waals surface area contributed by atoms with Gasteiger partial charge in [0, 0.05) is 18.7 Å². The van der Waals surface area contributed by atoms with Gasteiger partial charge in [-0.05, 0) is 43.6 Å². The minimum absolute atomic E-state index is 0.00939. The summed E-state index contributed by atoms with van der Waals surface area (Å²) in [5.74, 6) is 0.00939. The number of hydrogen-bond acceptors (Lipinski definition) is 3. The van der Waals surface area contributed by atoms with Gasteiger partial charge in [0.25, 0.3) is 5.91 Å². The number of likely N-dealkylation sites (N-methyl/N-ethyl adjacent to an activating group) is 1. The fraction of sp³-hybridized carbons (Fsp3) is 0.611. The minimum Gasteiger partial charge on any atom is -0.387 e. The fourth-order valence-corrected chi connectivity index (χ4v) is 3.04. The first-order valence-electron chi connectivity index (χ1n) is 7.88. The van der Waals surface area contributed by atoms with E-state index in [1.807, 2.05) is 43.3 Å². The first-order chi connectivity index (χ1) is 10.1. The van der Waals surface area contributed by atoms with Crippen molar-refractivity contribution in [3.05, 3.63) is 35.4 Å². The summed E-state index contributed by atoms with van der Waals surface area (Å²) in [5, 5.41) is 10.5. The quantitative estimate of drug-likeness (QED) is 0.930. The molecule has 1 unspecified atom stereocenters. The highest BCUT2D eigenvalue weighted by Gasteiger charge is 2.38. The van der Waals surface area contributed by atoms with Crippen molar-refractivity contribution in [3.8, 4) is 0 Å². The molecule has 0 bridgehead atoms. The SMILES string of the molecule is CN(C)CC1(O)CCN(C(=O)c2ccc(C(C)(C)C)cc2)C1. The van der Waals surface area contributed by atoms with E-state index in [2.05, 4.69) is 20.8 Å². The number of hydrogen-bond donors (Lipinski definition) is 1. The molecule has 0 spiro atoms. The van der Waals surface area contributed by atoms with Crippen LogP contribution in [-0.2, 0) is 5.41 Å². The molecule has 1 aromatic carbocycles. The fourth-order valence-electron chi connectivity index (χ4n) is 3.04. The van der Waals surface area contributed by atoms with E-state index >= 15 is 0 Å². The summed E-state index contributed by atoms with van der Waals surface area (Å²) in [6, 6.07) is 7.84. The van der Waals surface area contributed by atoms with E-state index in [1.54, 1.807) is 4.90 Å². The summed E-state index contributed by atoms with van der Waals surface area (Å²) in [6.45, 7) is 8.08. The van der Waals surface area contributed by atoms with Crippen molar-refractivity contribution >= 4 is 5.91 Å². The number of nitrogens with zero attached hydrogens (tertiary/aromatic N) is 2. The molecule has 1 aliphatic heterocycles. The van der Waals surface area contributed by atoms with Gasteiger partial charge in [0.2, 0.25) is 0 Å². The molecule has 0 radical (unpaired) electrons. The molecule has 4 heteroatoms. The Hall–Kier alpha value is -1.39. The van der Waals surface area contributed by atoms with Crippen LogP contribution in [0.2, 0.25) is 0 Å². The zero-order valence-electron chi connectivity index (χ0n) is 14.4. The number of aliphatic hydroxyl groups is 1. The average molecular weight is 304 g/mol. The average Bonchev–Trinajstić information content (AvgIpc) is 2.78. The topological polar surface area (TPSA) is 43.8 Å². The summed E-state index contributed by atoms with van der Waals surface area (Å²) >= 11 is 0.